The predicted octanol–water partition coefficient (Wildman–Crippen LogP) is 5.61. The fourth-order valence-electron chi connectivity index (χ4n) is 6.39. The van der Waals surface area contributed by atoms with Crippen LogP contribution < -0.4 is 4.74 Å². The molecule has 2 aromatic rings. The lowest BCUT2D eigenvalue weighted by Gasteiger charge is -2.40. The fourth-order valence-corrected chi connectivity index (χ4v) is 6.58. The highest BCUT2D eigenvalue weighted by atomic mass is 35.5. The van der Waals surface area contributed by atoms with Crippen molar-refractivity contribution in [2.75, 3.05) is 6.61 Å². The highest BCUT2D eigenvalue weighted by Gasteiger charge is 2.53. The third-order valence-electron chi connectivity index (χ3n) is 8.48. The van der Waals surface area contributed by atoms with Crippen LogP contribution >= 0.6 is 11.6 Å². The summed E-state index contributed by atoms with van der Waals surface area (Å²) >= 11 is 6.60. The second kappa shape index (κ2) is 12.4. The molecule has 1 saturated heterocycles. The van der Waals surface area contributed by atoms with E-state index in [1.165, 1.54) is 20.8 Å². The van der Waals surface area contributed by atoms with Crippen LogP contribution in [0.25, 0.3) is 0 Å². The maximum Gasteiger partial charge on any atom is 0.303 e. The molecule has 41 heavy (non-hydrogen) atoms. The molecule has 220 valence electrons. The van der Waals surface area contributed by atoms with Gasteiger partial charge in [0.1, 0.15) is 24.6 Å². The van der Waals surface area contributed by atoms with E-state index in [4.69, 9.17) is 35.3 Å². The molecule has 2 aromatic carbocycles. The van der Waals surface area contributed by atoms with Crippen molar-refractivity contribution < 1.29 is 38.1 Å². The molecule has 8 nitrogen and oxygen atoms in total. The Morgan fingerprint density at radius 2 is 1.59 bits per heavy atom. The maximum absolute atomic E-state index is 11.9. The second-order valence-corrected chi connectivity index (χ2v) is 11.9. The Labute approximate surface area is 245 Å². The summed E-state index contributed by atoms with van der Waals surface area (Å²) in [6.45, 7) is 6.02. The summed E-state index contributed by atoms with van der Waals surface area (Å²) in [5.74, 6) is 1.87. The molecular formula is C32H37ClO8. The van der Waals surface area contributed by atoms with E-state index in [0.717, 1.165) is 53.0 Å². The van der Waals surface area contributed by atoms with Crippen LogP contribution in [0.3, 0.4) is 0 Å². The van der Waals surface area contributed by atoms with Gasteiger partial charge in [-0.3, -0.25) is 14.4 Å². The minimum atomic E-state index is -0.919. The van der Waals surface area contributed by atoms with Crippen molar-refractivity contribution in [1.82, 2.24) is 0 Å². The molecule has 0 bridgehead atoms. The quantitative estimate of drug-likeness (QED) is 0.277. The number of hydrogen-bond acceptors (Lipinski definition) is 8. The van der Waals surface area contributed by atoms with E-state index in [9.17, 15) is 14.4 Å². The van der Waals surface area contributed by atoms with Gasteiger partial charge in [0.15, 0.2) is 6.10 Å². The first kappa shape index (κ1) is 29.4. The number of carbonyl (C=O) groups excluding carboxylic acids is 3. The first-order chi connectivity index (χ1) is 19.6. The van der Waals surface area contributed by atoms with Crippen molar-refractivity contribution in [2.24, 2.45) is 17.8 Å². The first-order valence-electron chi connectivity index (χ1n) is 14.2. The van der Waals surface area contributed by atoms with E-state index >= 15 is 0 Å². The lowest BCUT2D eigenvalue weighted by Crippen LogP contribution is -2.51. The Kier molecular flexibility index (Phi) is 8.90. The molecule has 1 heterocycles. The van der Waals surface area contributed by atoms with Crippen LogP contribution in [-0.4, -0.2) is 48.9 Å². The topological polar surface area (TPSA) is 97.4 Å². The smallest absolute Gasteiger partial charge is 0.303 e. The third-order valence-corrected chi connectivity index (χ3v) is 8.85. The average molecular weight is 585 g/mol. The van der Waals surface area contributed by atoms with Gasteiger partial charge < -0.3 is 23.7 Å². The molecular weight excluding hydrogens is 548 g/mol. The Hall–Kier alpha value is -3.10. The largest absolute Gasteiger partial charge is 0.490 e. The predicted molar refractivity (Wildman–Crippen MR) is 150 cm³/mol. The lowest BCUT2D eigenvalue weighted by atomic mass is 9.92. The van der Waals surface area contributed by atoms with Gasteiger partial charge in [-0.25, -0.2) is 0 Å². The zero-order chi connectivity index (χ0) is 29.3. The fraction of sp³-hybridized carbons (Fsp3) is 0.531. The van der Waals surface area contributed by atoms with E-state index in [1.807, 2.05) is 30.3 Å². The van der Waals surface area contributed by atoms with Crippen molar-refractivity contribution in [3.8, 4) is 5.75 Å². The van der Waals surface area contributed by atoms with Gasteiger partial charge in [0.05, 0.1) is 12.2 Å². The third kappa shape index (κ3) is 7.22. The molecule has 2 unspecified atom stereocenters. The molecule has 1 aliphatic heterocycles. The summed E-state index contributed by atoms with van der Waals surface area (Å²) < 4.78 is 28.7. The van der Waals surface area contributed by atoms with Gasteiger partial charge in [-0.2, -0.15) is 0 Å². The molecule has 2 aliphatic carbocycles. The number of fused-ring (bicyclic) bond motifs is 1. The van der Waals surface area contributed by atoms with Crippen LogP contribution in [0.2, 0.25) is 5.02 Å². The number of benzene rings is 2. The summed E-state index contributed by atoms with van der Waals surface area (Å²) in [6.07, 6.45) is 0.435. The average Bonchev–Trinajstić information content (AvgIpc) is 3.29. The minimum absolute atomic E-state index is 0.155. The zero-order valence-electron chi connectivity index (χ0n) is 23.8. The standard InChI is InChI=1S/C32H37ClO8/c1-17-26-13-25(14-27(17)26)40-24-8-5-21(6-9-24)11-23-12-22(7-10-28(23)33)29-15-30(38-19(3)35)32(39-20(4)36)31(41-29)16-37-18(2)34/h5-10,12,17,25-27,29-32H,11,13-16H2,1-4H3/t17?,25?,26?,27?,29-,30+,31+,32-/m0/s1. The highest BCUT2D eigenvalue weighted by Crippen LogP contribution is 2.57. The van der Waals surface area contributed by atoms with Crippen molar-refractivity contribution in [3.63, 3.8) is 0 Å². The van der Waals surface area contributed by atoms with Crippen LogP contribution in [0.1, 0.15) is 69.8 Å². The summed E-state index contributed by atoms with van der Waals surface area (Å²) in [7, 11) is 0. The summed E-state index contributed by atoms with van der Waals surface area (Å²) in [5, 5.41) is 0.620. The van der Waals surface area contributed by atoms with E-state index in [1.54, 1.807) is 0 Å². The van der Waals surface area contributed by atoms with Gasteiger partial charge >= 0.3 is 17.9 Å². The number of hydrogen-bond donors (Lipinski definition) is 0. The van der Waals surface area contributed by atoms with Crippen LogP contribution in [0, 0.1) is 17.8 Å². The van der Waals surface area contributed by atoms with Crippen LogP contribution in [0.15, 0.2) is 42.5 Å². The Bertz CT molecular complexity index is 1260. The maximum atomic E-state index is 11.9. The molecule has 0 amide bonds. The molecule has 9 heteroatoms. The summed E-state index contributed by atoms with van der Waals surface area (Å²) in [6, 6.07) is 13.8. The Morgan fingerprint density at radius 3 is 2.22 bits per heavy atom. The molecule has 3 aliphatic rings. The number of halogens is 1. The normalized spacial score (nSPS) is 30.2. The Balaban J connectivity index is 1.29. The van der Waals surface area contributed by atoms with Crippen molar-refractivity contribution in [2.45, 2.75) is 83.9 Å². The molecule has 5 rings (SSSR count). The minimum Gasteiger partial charge on any atom is -0.490 e. The van der Waals surface area contributed by atoms with Gasteiger partial charge in [-0.05, 0) is 71.9 Å². The lowest BCUT2D eigenvalue weighted by molar-refractivity contribution is -0.216. The molecule has 0 N–H and O–H groups in total. The summed E-state index contributed by atoms with van der Waals surface area (Å²) in [4.78, 5) is 35.2. The van der Waals surface area contributed by atoms with Gasteiger partial charge in [0.25, 0.3) is 0 Å². The van der Waals surface area contributed by atoms with Gasteiger partial charge in [-0.1, -0.05) is 42.8 Å². The number of esters is 3. The van der Waals surface area contributed by atoms with E-state index in [0.29, 0.717) is 17.5 Å². The SMILES string of the molecule is CC(=O)OC[C@H]1O[C@H](c2ccc(Cl)c(Cc3ccc(OC4CC5C(C)C5C4)cc3)c2)C[C@@H](OC(C)=O)[C@@H]1OC(C)=O. The molecule has 0 aromatic heterocycles. The van der Waals surface area contributed by atoms with Crippen molar-refractivity contribution in [3.05, 3.63) is 64.2 Å². The molecule has 0 radical (unpaired) electrons. The van der Waals surface area contributed by atoms with Crippen LogP contribution in [0.4, 0.5) is 0 Å². The number of carbonyl (C=O) groups is 3. The van der Waals surface area contributed by atoms with Gasteiger partial charge in [0.2, 0.25) is 0 Å². The van der Waals surface area contributed by atoms with Crippen molar-refractivity contribution >= 4 is 29.5 Å². The first-order valence-corrected chi connectivity index (χ1v) is 14.6. The molecule has 6 atom stereocenters. The number of rotatable bonds is 9. The molecule has 3 fully saturated rings. The van der Waals surface area contributed by atoms with Crippen LogP contribution in [0.5, 0.6) is 5.75 Å². The van der Waals surface area contributed by atoms with Gasteiger partial charge in [0, 0.05) is 32.2 Å². The monoisotopic (exact) mass is 584 g/mol. The molecule has 0 spiro atoms. The van der Waals surface area contributed by atoms with E-state index in [2.05, 4.69) is 19.1 Å². The van der Waals surface area contributed by atoms with Crippen molar-refractivity contribution in [1.29, 1.82) is 0 Å². The van der Waals surface area contributed by atoms with Gasteiger partial charge in [-0.15, -0.1) is 0 Å². The second-order valence-electron chi connectivity index (χ2n) is 11.5. The van der Waals surface area contributed by atoms with Crippen LogP contribution in [-0.2, 0) is 39.8 Å². The van der Waals surface area contributed by atoms with E-state index < -0.39 is 42.3 Å². The summed E-state index contributed by atoms with van der Waals surface area (Å²) in [5.41, 5.74) is 2.82. The van der Waals surface area contributed by atoms with E-state index in [-0.39, 0.29) is 13.0 Å². The number of ether oxygens (including phenoxy) is 5. The highest BCUT2D eigenvalue weighted by molar-refractivity contribution is 6.31. The zero-order valence-corrected chi connectivity index (χ0v) is 24.6. The molecule has 2 saturated carbocycles. The Morgan fingerprint density at radius 1 is 0.902 bits per heavy atom.